The molecular formula is C12H17BrN2. The Hall–Kier alpha value is -0.830. The van der Waals surface area contributed by atoms with E-state index in [1.807, 2.05) is 20.8 Å². The Balaban J connectivity index is 3.21. The molecular weight excluding hydrogens is 252 g/mol. The molecule has 3 heteroatoms. The van der Waals surface area contributed by atoms with Gasteiger partial charge in [-0.05, 0) is 47.0 Å². The monoisotopic (exact) mass is 268 g/mol. The van der Waals surface area contributed by atoms with E-state index in [2.05, 4.69) is 40.0 Å². The van der Waals surface area contributed by atoms with Crippen molar-refractivity contribution in [3.8, 4) is 0 Å². The van der Waals surface area contributed by atoms with Gasteiger partial charge in [-0.1, -0.05) is 19.9 Å². The van der Waals surface area contributed by atoms with Crippen molar-refractivity contribution in [3.05, 3.63) is 27.7 Å². The SMILES string of the molecule is Cc1cc(C)c(N=C(N)C(C)C)c(Br)c1. The molecule has 0 unspecified atom stereocenters. The minimum absolute atomic E-state index is 0.276. The van der Waals surface area contributed by atoms with Crippen molar-refractivity contribution >= 4 is 27.5 Å². The summed E-state index contributed by atoms with van der Waals surface area (Å²) in [5, 5.41) is 0. The molecule has 0 aliphatic rings. The molecule has 2 N–H and O–H groups in total. The fourth-order valence-electron chi connectivity index (χ4n) is 1.31. The van der Waals surface area contributed by atoms with Gasteiger partial charge in [0, 0.05) is 10.4 Å². The van der Waals surface area contributed by atoms with Gasteiger partial charge in [-0.15, -0.1) is 0 Å². The van der Waals surface area contributed by atoms with Gasteiger partial charge in [0.25, 0.3) is 0 Å². The zero-order valence-electron chi connectivity index (χ0n) is 9.63. The molecule has 0 saturated heterocycles. The summed E-state index contributed by atoms with van der Waals surface area (Å²) in [6.07, 6.45) is 0. The van der Waals surface area contributed by atoms with Crippen molar-refractivity contribution in [2.24, 2.45) is 16.6 Å². The second-order valence-electron chi connectivity index (χ2n) is 4.10. The van der Waals surface area contributed by atoms with E-state index in [4.69, 9.17) is 5.73 Å². The van der Waals surface area contributed by atoms with Gasteiger partial charge in [-0.25, -0.2) is 4.99 Å². The van der Waals surface area contributed by atoms with Crippen LogP contribution in [-0.4, -0.2) is 5.84 Å². The van der Waals surface area contributed by atoms with Crippen molar-refractivity contribution < 1.29 is 0 Å². The van der Waals surface area contributed by atoms with Crippen molar-refractivity contribution in [3.63, 3.8) is 0 Å². The Morgan fingerprint density at radius 3 is 2.40 bits per heavy atom. The molecule has 1 rings (SSSR count). The van der Waals surface area contributed by atoms with E-state index in [1.165, 1.54) is 5.56 Å². The van der Waals surface area contributed by atoms with Crippen molar-refractivity contribution in [1.29, 1.82) is 0 Å². The molecule has 0 amide bonds. The average molecular weight is 269 g/mol. The van der Waals surface area contributed by atoms with E-state index < -0.39 is 0 Å². The summed E-state index contributed by atoms with van der Waals surface area (Å²) in [5.41, 5.74) is 9.16. The lowest BCUT2D eigenvalue weighted by Gasteiger charge is -2.08. The molecule has 0 aromatic heterocycles. The van der Waals surface area contributed by atoms with E-state index in [1.54, 1.807) is 0 Å². The number of hydrogen-bond donors (Lipinski definition) is 1. The second-order valence-corrected chi connectivity index (χ2v) is 4.96. The molecule has 2 nitrogen and oxygen atoms in total. The fourth-order valence-corrected chi connectivity index (χ4v) is 2.07. The maximum absolute atomic E-state index is 5.85. The Morgan fingerprint density at radius 2 is 1.93 bits per heavy atom. The van der Waals surface area contributed by atoms with Crippen LogP contribution in [0, 0.1) is 19.8 Å². The third-order valence-corrected chi connectivity index (χ3v) is 2.84. The van der Waals surface area contributed by atoms with E-state index in [9.17, 15) is 0 Å². The number of nitrogens with zero attached hydrogens (tertiary/aromatic N) is 1. The Bertz CT molecular complexity index is 372. The van der Waals surface area contributed by atoms with Crippen LogP contribution < -0.4 is 5.73 Å². The highest BCUT2D eigenvalue weighted by atomic mass is 79.9. The normalized spacial score (nSPS) is 12.3. The molecule has 1 aromatic rings. The third kappa shape index (κ3) is 3.06. The lowest BCUT2D eigenvalue weighted by Crippen LogP contribution is -2.18. The molecule has 0 fully saturated rings. The van der Waals surface area contributed by atoms with Crippen LogP contribution in [-0.2, 0) is 0 Å². The van der Waals surface area contributed by atoms with Gasteiger partial charge in [-0.3, -0.25) is 0 Å². The highest BCUT2D eigenvalue weighted by Gasteiger charge is 2.06. The molecule has 0 aliphatic carbocycles. The average Bonchev–Trinajstić information content (AvgIpc) is 2.10. The van der Waals surface area contributed by atoms with Gasteiger partial charge in [0.2, 0.25) is 0 Å². The minimum Gasteiger partial charge on any atom is -0.387 e. The number of benzene rings is 1. The zero-order chi connectivity index (χ0) is 11.6. The zero-order valence-corrected chi connectivity index (χ0v) is 11.2. The number of halogens is 1. The van der Waals surface area contributed by atoms with Gasteiger partial charge in [0.1, 0.15) is 5.84 Å². The van der Waals surface area contributed by atoms with Crippen LogP contribution in [0.25, 0.3) is 0 Å². The minimum atomic E-state index is 0.276. The summed E-state index contributed by atoms with van der Waals surface area (Å²) >= 11 is 3.51. The molecule has 0 heterocycles. The largest absolute Gasteiger partial charge is 0.387 e. The summed E-state index contributed by atoms with van der Waals surface area (Å²) in [5.74, 6) is 0.945. The topological polar surface area (TPSA) is 38.4 Å². The molecule has 15 heavy (non-hydrogen) atoms. The molecule has 82 valence electrons. The quantitative estimate of drug-likeness (QED) is 0.645. The number of hydrogen-bond acceptors (Lipinski definition) is 1. The smallest absolute Gasteiger partial charge is 0.102 e. The van der Waals surface area contributed by atoms with Crippen LogP contribution in [0.3, 0.4) is 0 Å². The van der Waals surface area contributed by atoms with Gasteiger partial charge in [0.05, 0.1) is 5.69 Å². The molecule has 0 spiro atoms. The van der Waals surface area contributed by atoms with Crippen molar-refractivity contribution in [2.45, 2.75) is 27.7 Å². The number of amidine groups is 1. The Kier molecular flexibility index (Phi) is 3.91. The fraction of sp³-hybridized carbons (Fsp3) is 0.417. The van der Waals surface area contributed by atoms with E-state index in [-0.39, 0.29) is 5.92 Å². The maximum Gasteiger partial charge on any atom is 0.102 e. The highest BCUT2D eigenvalue weighted by Crippen LogP contribution is 2.30. The first-order valence-corrected chi connectivity index (χ1v) is 5.82. The second kappa shape index (κ2) is 4.79. The van der Waals surface area contributed by atoms with Crippen LogP contribution in [0.2, 0.25) is 0 Å². The van der Waals surface area contributed by atoms with Crippen LogP contribution in [0.15, 0.2) is 21.6 Å². The summed E-state index contributed by atoms with van der Waals surface area (Å²) in [7, 11) is 0. The number of nitrogens with two attached hydrogens (primary N) is 1. The number of rotatable bonds is 2. The molecule has 0 bridgehead atoms. The predicted molar refractivity (Wildman–Crippen MR) is 69.7 cm³/mol. The first-order chi connectivity index (χ1) is 6.91. The van der Waals surface area contributed by atoms with Crippen molar-refractivity contribution in [1.82, 2.24) is 0 Å². The molecule has 0 atom stereocenters. The first kappa shape index (κ1) is 12.2. The summed E-state index contributed by atoms with van der Waals surface area (Å²) in [6.45, 7) is 8.19. The summed E-state index contributed by atoms with van der Waals surface area (Å²) < 4.78 is 1.00. The van der Waals surface area contributed by atoms with Gasteiger partial charge < -0.3 is 5.73 Å². The van der Waals surface area contributed by atoms with Gasteiger partial charge >= 0.3 is 0 Å². The van der Waals surface area contributed by atoms with E-state index in [0.717, 1.165) is 15.7 Å². The molecule has 1 aromatic carbocycles. The van der Waals surface area contributed by atoms with Crippen LogP contribution in [0.1, 0.15) is 25.0 Å². The van der Waals surface area contributed by atoms with Gasteiger partial charge in [0.15, 0.2) is 0 Å². The highest BCUT2D eigenvalue weighted by molar-refractivity contribution is 9.10. The number of aliphatic imine (C=N–C) groups is 1. The van der Waals surface area contributed by atoms with Crippen LogP contribution in [0.5, 0.6) is 0 Å². The predicted octanol–water partition coefficient (Wildman–Crippen LogP) is 3.71. The maximum atomic E-state index is 5.85. The Labute approximate surface area is 99.7 Å². The number of aryl methyl sites for hydroxylation is 2. The molecule has 0 saturated carbocycles. The van der Waals surface area contributed by atoms with Crippen LogP contribution in [0.4, 0.5) is 5.69 Å². The lowest BCUT2D eigenvalue weighted by atomic mass is 10.1. The van der Waals surface area contributed by atoms with Crippen molar-refractivity contribution in [2.75, 3.05) is 0 Å². The standard InChI is InChI=1S/C12H17BrN2/c1-7(2)12(14)15-11-9(4)5-8(3)6-10(11)13/h5-7H,1-4H3,(H2,14,15). The van der Waals surface area contributed by atoms with E-state index >= 15 is 0 Å². The van der Waals surface area contributed by atoms with Crippen LogP contribution >= 0.6 is 15.9 Å². The summed E-state index contributed by atoms with van der Waals surface area (Å²) in [6, 6.07) is 4.16. The first-order valence-electron chi connectivity index (χ1n) is 5.02. The molecule has 0 radical (unpaired) electrons. The summed E-state index contributed by atoms with van der Waals surface area (Å²) in [4.78, 5) is 4.45. The van der Waals surface area contributed by atoms with Gasteiger partial charge in [-0.2, -0.15) is 0 Å². The molecule has 0 aliphatic heterocycles. The lowest BCUT2D eigenvalue weighted by molar-refractivity contribution is 0.872. The Morgan fingerprint density at radius 1 is 1.33 bits per heavy atom. The van der Waals surface area contributed by atoms with E-state index in [0.29, 0.717) is 5.84 Å². The third-order valence-electron chi connectivity index (χ3n) is 2.23.